The Hall–Kier alpha value is -2.24. The normalized spacial score (nSPS) is 10.4. The number of aromatic nitrogens is 2. The van der Waals surface area contributed by atoms with Gasteiger partial charge < -0.3 is 9.72 Å². The van der Waals surface area contributed by atoms with Crippen molar-refractivity contribution < 1.29 is 13.5 Å². The van der Waals surface area contributed by atoms with Crippen LogP contribution in [0, 0.1) is 18.6 Å². The third-order valence-electron chi connectivity index (χ3n) is 2.45. The molecule has 2 aromatic rings. The number of nitrogens with one attached hydrogen (secondary N) is 1. The van der Waals surface area contributed by atoms with Crippen molar-refractivity contribution in [1.29, 1.82) is 0 Å². The van der Waals surface area contributed by atoms with Gasteiger partial charge in [-0.1, -0.05) is 0 Å². The van der Waals surface area contributed by atoms with Gasteiger partial charge in [-0.05, 0) is 25.1 Å². The van der Waals surface area contributed by atoms with Gasteiger partial charge in [0.1, 0.15) is 5.82 Å². The highest BCUT2D eigenvalue weighted by atomic mass is 19.1. The fourth-order valence-electron chi connectivity index (χ4n) is 1.52. The molecule has 0 bridgehead atoms. The molecule has 6 heteroatoms. The van der Waals surface area contributed by atoms with Gasteiger partial charge in [0.2, 0.25) is 5.82 Å². The fourth-order valence-corrected chi connectivity index (χ4v) is 1.52. The van der Waals surface area contributed by atoms with Crippen LogP contribution in [0.15, 0.2) is 23.0 Å². The summed E-state index contributed by atoms with van der Waals surface area (Å²) in [7, 11) is 1.35. The van der Waals surface area contributed by atoms with Crippen molar-refractivity contribution in [3.63, 3.8) is 0 Å². The lowest BCUT2D eigenvalue weighted by Gasteiger charge is -2.05. The molecule has 1 heterocycles. The molecule has 0 aliphatic carbocycles. The Kier molecular flexibility index (Phi) is 3.10. The van der Waals surface area contributed by atoms with E-state index in [1.54, 1.807) is 0 Å². The van der Waals surface area contributed by atoms with E-state index in [9.17, 15) is 13.6 Å². The number of hydrogen-bond acceptors (Lipinski definition) is 3. The van der Waals surface area contributed by atoms with E-state index in [2.05, 4.69) is 9.97 Å². The zero-order valence-electron chi connectivity index (χ0n) is 9.75. The molecule has 0 radical (unpaired) electrons. The largest absolute Gasteiger partial charge is 0.494 e. The Morgan fingerprint density at radius 1 is 1.33 bits per heavy atom. The van der Waals surface area contributed by atoms with E-state index >= 15 is 0 Å². The van der Waals surface area contributed by atoms with Crippen LogP contribution in [-0.4, -0.2) is 17.1 Å². The minimum Gasteiger partial charge on any atom is -0.494 e. The molecule has 4 nitrogen and oxygen atoms in total. The highest BCUT2D eigenvalue weighted by Crippen LogP contribution is 2.22. The lowest BCUT2D eigenvalue weighted by Crippen LogP contribution is -2.15. The van der Waals surface area contributed by atoms with E-state index in [0.29, 0.717) is 5.56 Å². The Labute approximate surface area is 101 Å². The molecule has 0 aliphatic heterocycles. The summed E-state index contributed by atoms with van der Waals surface area (Å²) in [6.45, 7) is 1.37. The van der Waals surface area contributed by atoms with E-state index in [1.165, 1.54) is 26.2 Å². The van der Waals surface area contributed by atoms with Gasteiger partial charge in [0, 0.05) is 5.56 Å². The van der Waals surface area contributed by atoms with Crippen molar-refractivity contribution in [2.75, 3.05) is 7.11 Å². The second-order valence-electron chi connectivity index (χ2n) is 3.66. The summed E-state index contributed by atoms with van der Waals surface area (Å²) >= 11 is 0. The van der Waals surface area contributed by atoms with Crippen molar-refractivity contribution in [1.82, 2.24) is 9.97 Å². The first kappa shape index (κ1) is 12.2. The molecule has 0 amide bonds. The SMILES string of the molecule is COc1ccc(-c2nc(C)c(F)c(=O)[nH]2)cc1F. The van der Waals surface area contributed by atoms with Crippen molar-refractivity contribution in [3.8, 4) is 17.1 Å². The molecule has 0 atom stereocenters. The van der Waals surface area contributed by atoms with Crippen molar-refractivity contribution in [2.24, 2.45) is 0 Å². The van der Waals surface area contributed by atoms with Crippen LogP contribution in [0.2, 0.25) is 0 Å². The Balaban J connectivity index is 2.56. The number of halogens is 2. The maximum Gasteiger partial charge on any atom is 0.287 e. The molecule has 2 rings (SSSR count). The summed E-state index contributed by atoms with van der Waals surface area (Å²) in [5.74, 6) is -1.33. The van der Waals surface area contributed by atoms with Gasteiger partial charge in [-0.3, -0.25) is 4.79 Å². The van der Waals surface area contributed by atoms with Crippen LogP contribution in [-0.2, 0) is 0 Å². The zero-order chi connectivity index (χ0) is 13.3. The monoisotopic (exact) mass is 252 g/mol. The molecule has 18 heavy (non-hydrogen) atoms. The third kappa shape index (κ3) is 2.09. The maximum atomic E-state index is 13.5. The van der Waals surface area contributed by atoms with E-state index in [1.807, 2.05) is 0 Å². The summed E-state index contributed by atoms with van der Waals surface area (Å²) < 4.78 is 31.4. The summed E-state index contributed by atoms with van der Waals surface area (Å²) in [4.78, 5) is 17.4. The predicted octanol–water partition coefficient (Wildman–Crippen LogP) is 2.03. The van der Waals surface area contributed by atoms with Crippen molar-refractivity contribution in [2.45, 2.75) is 6.92 Å². The number of aryl methyl sites for hydroxylation is 1. The van der Waals surface area contributed by atoms with E-state index in [0.717, 1.165) is 6.07 Å². The molecule has 94 valence electrons. The first-order valence-corrected chi connectivity index (χ1v) is 5.13. The quantitative estimate of drug-likeness (QED) is 0.889. The molecular weight excluding hydrogens is 242 g/mol. The molecule has 1 aromatic heterocycles. The van der Waals surface area contributed by atoms with Crippen LogP contribution in [0.3, 0.4) is 0 Å². The molecule has 0 spiro atoms. The van der Waals surface area contributed by atoms with E-state index in [4.69, 9.17) is 4.74 Å². The highest BCUT2D eigenvalue weighted by Gasteiger charge is 2.11. The molecule has 0 saturated heterocycles. The number of nitrogens with zero attached hydrogens (tertiary/aromatic N) is 1. The second kappa shape index (κ2) is 4.56. The number of aromatic amines is 1. The zero-order valence-corrected chi connectivity index (χ0v) is 9.75. The molecule has 0 fully saturated rings. The number of rotatable bonds is 2. The highest BCUT2D eigenvalue weighted by molar-refractivity contribution is 5.56. The van der Waals surface area contributed by atoms with Gasteiger partial charge in [0.25, 0.3) is 5.56 Å². The average Bonchev–Trinajstić information content (AvgIpc) is 2.35. The van der Waals surface area contributed by atoms with Crippen molar-refractivity contribution >= 4 is 0 Å². The lowest BCUT2D eigenvalue weighted by atomic mass is 10.2. The standard InChI is InChI=1S/C12H10F2N2O2/c1-6-10(14)12(17)16-11(15-6)7-3-4-9(18-2)8(13)5-7/h3-5H,1-2H3,(H,15,16,17). The number of ether oxygens (including phenoxy) is 1. The first-order valence-electron chi connectivity index (χ1n) is 5.13. The van der Waals surface area contributed by atoms with Crippen LogP contribution in [0.5, 0.6) is 5.75 Å². The summed E-state index contributed by atoms with van der Waals surface area (Å²) in [6, 6.07) is 4.09. The topological polar surface area (TPSA) is 55.0 Å². The number of benzene rings is 1. The lowest BCUT2D eigenvalue weighted by molar-refractivity contribution is 0.386. The van der Waals surface area contributed by atoms with Crippen LogP contribution in [0.25, 0.3) is 11.4 Å². The Morgan fingerprint density at radius 3 is 2.61 bits per heavy atom. The van der Waals surface area contributed by atoms with Gasteiger partial charge in [-0.2, -0.15) is 4.39 Å². The molecule has 0 saturated carbocycles. The van der Waals surface area contributed by atoms with Gasteiger partial charge in [-0.15, -0.1) is 0 Å². The molecule has 1 aromatic carbocycles. The van der Waals surface area contributed by atoms with Crippen LogP contribution < -0.4 is 10.3 Å². The first-order chi connectivity index (χ1) is 8.52. The molecule has 0 unspecified atom stereocenters. The van der Waals surface area contributed by atoms with Crippen LogP contribution in [0.4, 0.5) is 8.78 Å². The smallest absolute Gasteiger partial charge is 0.287 e. The Bertz CT molecular complexity index is 653. The average molecular weight is 252 g/mol. The van der Waals surface area contributed by atoms with E-state index < -0.39 is 17.2 Å². The number of methoxy groups -OCH3 is 1. The number of hydrogen-bond donors (Lipinski definition) is 1. The minimum absolute atomic E-state index is 0.0371. The minimum atomic E-state index is -0.937. The molecule has 0 aliphatic rings. The predicted molar refractivity (Wildman–Crippen MR) is 61.5 cm³/mol. The van der Waals surface area contributed by atoms with Crippen LogP contribution >= 0.6 is 0 Å². The van der Waals surface area contributed by atoms with Gasteiger partial charge in [0.05, 0.1) is 12.8 Å². The summed E-state index contributed by atoms with van der Waals surface area (Å²) in [6.07, 6.45) is 0. The fraction of sp³-hybridized carbons (Fsp3) is 0.167. The summed E-state index contributed by atoms with van der Waals surface area (Å²) in [5.41, 5.74) is -0.577. The second-order valence-corrected chi connectivity index (χ2v) is 3.66. The van der Waals surface area contributed by atoms with Crippen molar-refractivity contribution in [3.05, 3.63) is 45.9 Å². The Morgan fingerprint density at radius 2 is 2.06 bits per heavy atom. The molecule has 1 N–H and O–H groups in total. The maximum absolute atomic E-state index is 13.5. The number of H-pyrrole nitrogens is 1. The van der Waals surface area contributed by atoms with Gasteiger partial charge >= 0.3 is 0 Å². The van der Waals surface area contributed by atoms with Crippen LogP contribution in [0.1, 0.15) is 5.69 Å². The third-order valence-corrected chi connectivity index (χ3v) is 2.45. The van der Waals surface area contributed by atoms with E-state index in [-0.39, 0.29) is 17.3 Å². The van der Waals surface area contributed by atoms with Gasteiger partial charge in [-0.25, -0.2) is 9.37 Å². The summed E-state index contributed by atoms with van der Waals surface area (Å²) in [5, 5.41) is 0. The van der Waals surface area contributed by atoms with Gasteiger partial charge in [0.15, 0.2) is 11.6 Å². The molecular formula is C12H10F2N2O2.